The van der Waals surface area contributed by atoms with E-state index in [1.165, 1.54) is 0 Å². The zero-order valence-electron chi connectivity index (χ0n) is 12.3. The van der Waals surface area contributed by atoms with E-state index in [1.807, 2.05) is 38.1 Å². The van der Waals surface area contributed by atoms with E-state index in [-0.39, 0.29) is 17.7 Å². The van der Waals surface area contributed by atoms with Gasteiger partial charge in [-0.15, -0.1) is 0 Å². The van der Waals surface area contributed by atoms with Crippen molar-refractivity contribution in [2.24, 2.45) is 5.92 Å². The van der Waals surface area contributed by atoms with Gasteiger partial charge in [-0.1, -0.05) is 32.0 Å². The fourth-order valence-corrected chi connectivity index (χ4v) is 2.62. The summed E-state index contributed by atoms with van der Waals surface area (Å²) in [5, 5.41) is 2.90. The highest BCUT2D eigenvalue weighted by Gasteiger charge is 2.32. The fraction of sp³-hybridized carbons (Fsp3) is 0.500. The first-order valence-corrected chi connectivity index (χ1v) is 7.27. The number of hydrogen-bond acceptors (Lipinski definition) is 2. The summed E-state index contributed by atoms with van der Waals surface area (Å²) >= 11 is 0. The van der Waals surface area contributed by atoms with Crippen molar-refractivity contribution < 1.29 is 9.59 Å². The van der Waals surface area contributed by atoms with Crippen molar-refractivity contribution in [2.75, 3.05) is 5.32 Å². The molecule has 2 rings (SSSR count). The summed E-state index contributed by atoms with van der Waals surface area (Å²) in [6.07, 6.45) is 1.61. The third-order valence-electron chi connectivity index (χ3n) is 4.08. The number of nitrogens with zero attached hydrogens (tertiary/aromatic N) is 1. The molecule has 0 radical (unpaired) electrons. The van der Waals surface area contributed by atoms with Gasteiger partial charge in [-0.3, -0.25) is 9.59 Å². The van der Waals surface area contributed by atoms with Gasteiger partial charge < -0.3 is 10.2 Å². The van der Waals surface area contributed by atoms with Gasteiger partial charge >= 0.3 is 0 Å². The molecule has 2 amide bonds. The highest BCUT2D eigenvalue weighted by atomic mass is 16.2. The maximum absolute atomic E-state index is 12.6. The van der Waals surface area contributed by atoms with E-state index in [1.54, 1.807) is 11.8 Å². The molecule has 1 aromatic rings. The fourth-order valence-electron chi connectivity index (χ4n) is 2.62. The molecule has 0 spiro atoms. The lowest BCUT2D eigenvalue weighted by molar-refractivity contribution is -0.142. The van der Waals surface area contributed by atoms with E-state index in [4.69, 9.17) is 0 Å². The Balaban J connectivity index is 2.33. The second kappa shape index (κ2) is 6.07. The zero-order chi connectivity index (χ0) is 14.7. The second-order valence-electron chi connectivity index (χ2n) is 5.30. The molecule has 1 aromatic carbocycles. The SMILES string of the molecule is CCC(CC)C(=O)N1Cc2ccccc2NC(=O)C1C. The Morgan fingerprint density at radius 3 is 2.65 bits per heavy atom. The van der Waals surface area contributed by atoms with Crippen LogP contribution in [0.5, 0.6) is 0 Å². The van der Waals surface area contributed by atoms with Crippen molar-refractivity contribution in [3.63, 3.8) is 0 Å². The molecular formula is C16H22N2O2. The number of amides is 2. The maximum atomic E-state index is 12.6. The molecular weight excluding hydrogens is 252 g/mol. The van der Waals surface area contributed by atoms with Gasteiger partial charge in [0.15, 0.2) is 0 Å². The van der Waals surface area contributed by atoms with E-state index in [0.717, 1.165) is 24.1 Å². The number of anilines is 1. The molecule has 0 fully saturated rings. The van der Waals surface area contributed by atoms with Crippen LogP contribution in [-0.4, -0.2) is 22.8 Å². The summed E-state index contributed by atoms with van der Waals surface area (Å²) in [6, 6.07) is 7.23. The maximum Gasteiger partial charge on any atom is 0.246 e. The minimum Gasteiger partial charge on any atom is -0.326 e. The van der Waals surface area contributed by atoms with Gasteiger partial charge in [-0.05, 0) is 31.4 Å². The number of nitrogens with one attached hydrogen (secondary N) is 1. The summed E-state index contributed by atoms with van der Waals surface area (Å²) in [6.45, 7) is 6.32. The summed E-state index contributed by atoms with van der Waals surface area (Å²) in [5.74, 6) is -0.0425. The predicted octanol–water partition coefficient (Wildman–Crippen LogP) is 2.79. The Morgan fingerprint density at radius 2 is 2.00 bits per heavy atom. The number of carbonyl (C=O) groups excluding carboxylic acids is 2. The molecule has 108 valence electrons. The lowest BCUT2D eigenvalue weighted by atomic mass is 10.0. The number of hydrogen-bond donors (Lipinski definition) is 1. The summed E-state index contributed by atoms with van der Waals surface area (Å²) in [5.41, 5.74) is 1.80. The molecule has 4 nitrogen and oxygen atoms in total. The Bertz CT molecular complexity index is 509. The van der Waals surface area contributed by atoms with Crippen molar-refractivity contribution in [1.82, 2.24) is 4.90 Å². The van der Waals surface area contributed by atoms with Gasteiger partial charge in [0.2, 0.25) is 11.8 Å². The first kappa shape index (κ1) is 14.6. The highest BCUT2D eigenvalue weighted by Crippen LogP contribution is 2.25. The molecule has 0 aromatic heterocycles. The molecule has 1 aliphatic rings. The standard InChI is InChI=1S/C16H22N2O2/c1-4-12(5-2)16(20)18-10-13-8-6-7-9-14(13)17-15(19)11(18)3/h6-9,11-12H,4-5,10H2,1-3H3,(H,17,19). The van der Waals surface area contributed by atoms with Crippen LogP contribution >= 0.6 is 0 Å². The van der Waals surface area contributed by atoms with Crippen LogP contribution in [0.25, 0.3) is 0 Å². The van der Waals surface area contributed by atoms with Crippen LogP contribution in [-0.2, 0) is 16.1 Å². The summed E-state index contributed by atoms with van der Waals surface area (Å²) in [7, 11) is 0. The monoisotopic (exact) mass is 274 g/mol. The Kier molecular flexibility index (Phi) is 4.42. The molecule has 0 aliphatic carbocycles. The molecule has 4 heteroatoms. The second-order valence-corrected chi connectivity index (χ2v) is 5.30. The minimum atomic E-state index is -0.435. The van der Waals surface area contributed by atoms with Gasteiger partial charge in [0.25, 0.3) is 0 Å². The molecule has 1 atom stereocenters. The molecule has 0 saturated carbocycles. The van der Waals surface area contributed by atoms with Crippen LogP contribution in [0.3, 0.4) is 0 Å². The lowest BCUT2D eigenvalue weighted by Gasteiger charge is -2.29. The van der Waals surface area contributed by atoms with Gasteiger partial charge in [-0.25, -0.2) is 0 Å². The van der Waals surface area contributed by atoms with Crippen LogP contribution < -0.4 is 5.32 Å². The Labute approximate surface area is 120 Å². The normalized spacial score (nSPS) is 18.5. The molecule has 1 unspecified atom stereocenters. The molecule has 1 heterocycles. The molecule has 1 N–H and O–H groups in total. The highest BCUT2D eigenvalue weighted by molar-refractivity contribution is 5.98. The molecule has 1 aliphatic heterocycles. The Hall–Kier alpha value is -1.84. The van der Waals surface area contributed by atoms with Crippen molar-refractivity contribution in [3.8, 4) is 0 Å². The summed E-state index contributed by atoms with van der Waals surface area (Å²) < 4.78 is 0. The number of benzene rings is 1. The van der Waals surface area contributed by atoms with E-state index in [9.17, 15) is 9.59 Å². The number of rotatable bonds is 3. The summed E-state index contributed by atoms with van der Waals surface area (Å²) in [4.78, 5) is 26.5. The third kappa shape index (κ3) is 2.69. The van der Waals surface area contributed by atoms with E-state index < -0.39 is 6.04 Å². The molecule has 0 bridgehead atoms. The van der Waals surface area contributed by atoms with Gasteiger partial charge in [0.05, 0.1) is 0 Å². The van der Waals surface area contributed by atoms with Gasteiger partial charge in [0.1, 0.15) is 6.04 Å². The smallest absolute Gasteiger partial charge is 0.246 e. The van der Waals surface area contributed by atoms with Crippen LogP contribution in [0.2, 0.25) is 0 Å². The number of para-hydroxylation sites is 1. The van der Waals surface area contributed by atoms with E-state index in [2.05, 4.69) is 5.32 Å². The Morgan fingerprint density at radius 1 is 1.35 bits per heavy atom. The topological polar surface area (TPSA) is 49.4 Å². The first-order chi connectivity index (χ1) is 9.58. The van der Waals surface area contributed by atoms with Crippen LogP contribution in [0.15, 0.2) is 24.3 Å². The van der Waals surface area contributed by atoms with Crippen LogP contribution in [0.1, 0.15) is 39.2 Å². The van der Waals surface area contributed by atoms with Gasteiger partial charge in [0, 0.05) is 18.2 Å². The lowest BCUT2D eigenvalue weighted by Crippen LogP contribution is -2.45. The predicted molar refractivity (Wildman–Crippen MR) is 79.2 cm³/mol. The van der Waals surface area contributed by atoms with Crippen molar-refractivity contribution in [3.05, 3.63) is 29.8 Å². The number of carbonyl (C=O) groups is 2. The largest absolute Gasteiger partial charge is 0.326 e. The van der Waals surface area contributed by atoms with Crippen molar-refractivity contribution >= 4 is 17.5 Å². The minimum absolute atomic E-state index is 0.00416. The van der Waals surface area contributed by atoms with Crippen molar-refractivity contribution in [1.29, 1.82) is 0 Å². The quantitative estimate of drug-likeness (QED) is 0.921. The average Bonchev–Trinajstić information content (AvgIpc) is 2.58. The van der Waals surface area contributed by atoms with Crippen LogP contribution in [0.4, 0.5) is 5.69 Å². The average molecular weight is 274 g/mol. The molecule has 0 saturated heterocycles. The third-order valence-corrected chi connectivity index (χ3v) is 4.08. The van der Waals surface area contributed by atoms with Crippen molar-refractivity contribution in [2.45, 2.75) is 46.2 Å². The van der Waals surface area contributed by atoms with E-state index in [0.29, 0.717) is 6.54 Å². The van der Waals surface area contributed by atoms with Crippen LogP contribution in [0, 0.1) is 5.92 Å². The molecule has 20 heavy (non-hydrogen) atoms. The first-order valence-electron chi connectivity index (χ1n) is 7.27. The van der Waals surface area contributed by atoms with Gasteiger partial charge in [-0.2, -0.15) is 0 Å². The zero-order valence-corrected chi connectivity index (χ0v) is 12.3. The number of fused-ring (bicyclic) bond motifs is 1. The van der Waals surface area contributed by atoms with E-state index >= 15 is 0 Å².